The fraction of sp³-hybridized carbons (Fsp3) is 0.632. The van der Waals surface area contributed by atoms with E-state index in [1.54, 1.807) is 0 Å². The molecular formula is C19H25N5O2. The summed E-state index contributed by atoms with van der Waals surface area (Å²) >= 11 is 0. The Morgan fingerprint density at radius 2 is 2.08 bits per heavy atom. The Hall–Kier alpha value is -1.83. The highest BCUT2D eigenvalue weighted by Crippen LogP contribution is 2.43. The van der Waals surface area contributed by atoms with Crippen LogP contribution in [0.4, 0.5) is 0 Å². The minimum atomic E-state index is -0.143. The topological polar surface area (TPSA) is 65.3 Å². The smallest absolute Gasteiger partial charge is 0.165 e. The third-order valence-corrected chi connectivity index (χ3v) is 6.07. The van der Waals surface area contributed by atoms with Crippen LogP contribution in [0.25, 0.3) is 0 Å². The van der Waals surface area contributed by atoms with Crippen molar-refractivity contribution in [2.24, 2.45) is 5.92 Å². The van der Waals surface area contributed by atoms with Crippen LogP contribution in [0.3, 0.4) is 0 Å². The van der Waals surface area contributed by atoms with Crippen molar-refractivity contribution < 1.29 is 9.47 Å². The van der Waals surface area contributed by atoms with E-state index in [2.05, 4.69) is 44.7 Å². The summed E-state index contributed by atoms with van der Waals surface area (Å²) in [5, 5.41) is 12.5. The molecule has 2 fully saturated rings. The lowest BCUT2D eigenvalue weighted by atomic mass is 9.92. The lowest BCUT2D eigenvalue weighted by molar-refractivity contribution is -0.0301. The maximum absolute atomic E-state index is 6.26. The molecule has 1 atom stereocenters. The third-order valence-electron chi connectivity index (χ3n) is 6.07. The van der Waals surface area contributed by atoms with Gasteiger partial charge in [0, 0.05) is 32.8 Å². The summed E-state index contributed by atoms with van der Waals surface area (Å²) in [6, 6.07) is 8.62. The molecule has 138 valence electrons. The normalized spacial score (nSPS) is 26.6. The molecule has 0 aliphatic carbocycles. The highest BCUT2D eigenvalue weighted by atomic mass is 16.5. The Bertz CT molecular complexity index is 773. The number of hydrogen-bond acceptors (Lipinski definition) is 6. The molecule has 4 heterocycles. The predicted molar refractivity (Wildman–Crippen MR) is 94.2 cm³/mol. The first-order valence-corrected chi connectivity index (χ1v) is 9.60. The zero-order valence-corrected chi connectivity index (χ0v) is 15.0. The lowest BCUT2D eigenvalue weighted by Gasteiger charge is -2.25. The summed E-state index contributed by atoms with van der Waals surface area (Å²) in [5.41, 5.74) is 2.55. The standard InChI is InChI=1S/C19H25N5O2/c1-2-4-17-16(3-1)13-26-19(17)7-8-23(14-19)12-18-20-21-22-24(18)11-15-5-9-25-10-6-15/h1-4,15H,5-14H2. The predicted octanol–water partition coefficient (Wildman–Crippen LogP) is 1.73. The number of rotatable bonds is 4. The van der Waals surface area contributed by atoms with Crippen molar-refractivity contribution in [2.45, 2.75) is 44.6 Å². The summed E-state index contributed by atoms with van der Waals surface area (Å²) < 4.78 is 13.7. The Labute approximate surface area is 153 Å². The van der Waals surface area contributed by atoms with E-state index in [-0.39, 0.29) is 5.60 Å². The molecule has 7 heteroatoms. The Morgan fingerprint density at radius 1 is 1.19 bits per heavy atom. The summed E-state index contributed by atoms with van der Waals surface area (Å²) in [5.74, 6) is 1.57. The molecule has 2 aromatic rings. The van der Waals surface area contributed by atoms with Gasteiger partial charge in [0.25, 0.3) is 0 Å². The molecule has 3 aliphatic rings. The van der Waals surface area contributed by atoms with Crippen LogP contribution in [-0.2, 0) is 34.8 Å². The van der Waals surface area contributed by atoms with Gasteiger partial charge < -0.3 is 9.47 Å². The molecule has 1 unspecified atom stereocenters. The maximum atomic E-state index is 6.26. The molecule has 1 aromatic carbocycles. The molecule has 7 nitrogen and oxygen atoms in total. The van der Waals surface area contributed by atoms with Crippen molar-refractivity contribution in [2.75, 3.05) is 26.3 Å². The van der Waals surface area contributed by atoms with E-state index in [1.807, 2.05) is 4.68 Å². The van der Waals surface area contributed by atoms with Crippen LogP contribution in [-0.4, -0.2) is 51.4 Å². The molecule has 0 radical (unpaired) electrons. The Morgan fingerprint density at radius 3 is 3.00 bits per heavy atom. The largest absolute Gasteiger partial charge is 0.381 e. The van der Waals surface area contributed by atoms with Gasteiger partial charge in [0.15, 0.2) is 5.82 Å². The fourth-order valence-corrected chi connectivity index (χ4v) is 4.57. The van der Waals surface area contributed by atoms with Gasteiger partial charge in [0.2, 0.25) is 0 Å². The third kappa shape index (κ3) is 2.94. The average molecular weight is 355 g/mol. The van der Waals surface area contributed by atoms with Gasteiger partial charge in [0.05, 0.1) is 13.2 Å². The molecule has 26 heavy (non-hydrogen) atoms. The van der Waals surface area contributed by atoms with Gasteiger partial charge >= 0.3 is 0 Å². The van der Waals surface area contributed by atoms with E-state index in [9.17, 15) is 0 Å². The maximum Gasteiger partial charge on any atom is 0.165 e. The number of ether oxygens (including phenoxy) is 2. The zero-order chi connectivity index (χ0) is 17.4. The monoisotopic (exact) mass is 355 g/mol. The SMILES string of the molecule is c1ccc2c(c1)COC21CCN(Cc2nnnn2CC2CCOCC2)C1. The number of aromatic nitrogens is 4. The van der Waals surface area contributed by atoms with Crippen LogP contribution in [0.1, 0.15) is 36.2 Å². The molecular weight excluding hydrogens is 330 g/mol. The number of nitrogens with zero attached hydrogens (tertiary/aromatic N) is 5. The quantitative estimate of drug-likeness (QED) is 0.832. The summed E-state index contributed by atoms with van der Waals surface area (Å²) in [4.78, 5) is 2.42. The van der Waals surface area contributed by atoms with Crippen molar-refractivity contribution in [1.29, 1.82) is 0 Å². The number of fused-ring (bicyclic) bond motifs is 2. The van der Waals surface area contributed by atoms with E-state index < -0.39 is 0 Å². The molecule has 0 bridgehead atoms. The highest BCUT2D eigenvalue weighted by molar-refractivity contribution is 5.36. The van der Waals surface area contributed by atoms with Gasteiger partial charge in [-0.2, -0.15) is 0 Å². The summed E-state index contributed by atoms with van der Waals surface area (Å²) in [6.07, 6.45) is 3.22. The van der Waals surface area contributed by atoms with Crippen LogP contribution in [0.15, 0.2) is 24.3 Å². The first-order valence-electron chi connectivity index (χ1n) is 9.60. The van der Waals surface area contributed by atoms with Gasteiger partial charge in [0.1, 0.15) is 5.60 Å². The van der Waals surface area contributed by atoms with Crippen LogP contribution < -0.4 is 0 Å². The molecule has 0 amide bonds. The highest BCUT2D eigenvalue weighted by Gasteiger charge is 2.45. The van der Waals surface area contributed by atoms with E-state index in [0.717, 1.165) is 71.1 Å². The summed E-state index contributed by atoms with van der Waals surface area (Å²) in [6.45, 7) is 6.03. The zero-order valence-electron chi connectivity index (χ0n) is 15.0. The second-order valence-electron chi connectivity index (χ2n) is 7.73. The van der Waals surface area contributed by atoms with E-state index in [0.29, 0.717) is 5.92 Å². The minimum absolute atomic E-state index is 0.143. The second kappa shape index (κ2) is 6.72. The van der Waals surface area contributed by atoms with Gasteiger partial charge in [-0.05, 0) is 46.7 Å². The van der Waals surface area contributed by atoms with Crippen molar-refractivity contribution >= 4 is 0 Å². The van der Waals surface area contributed by atoms with E-state index in [1.165, 1.54) is 11.1 Å². The van der Waals surface area contributed by atoms with Gasteiger partial charge in [-0.15, -0.1) is 5.10 Å². The minimum Gasteiger partial charge on any atom is -0.381 e. The first-order chi connectivity index (χ1) is 12.8. The Balaban J connectivity index is 1.27. The fourth-order valence-electron chi connectivity index (χ4n) is 4.57. The number of benzene rings is 1. The van der Waals surface area contributed by atoms with Crippen molar-refractivity contribution in [3.8, 4) is 0 Å². The first kappa shape index (κ1) is 16.4. The summed E-state index contributed by atoms with van der Waals surface area (Å²) in [7, 11) is 0. The number of hydrogen-bond donors (Lipinski definition) is 0. The molecule has 3 aliphatic heterocycles. The Kier molecular flexibility index (Phi) is 4.23. The van der Waals surface area contributed by atoms with Crippen LogP contribution >= 0.6 is 0 Å². The van der Waals surface area contributed by atoms with Crippen LogP contribution in [0.5, 0.6) is 0 Å². The molecule has 0 N–H and O–H groups in total. The molecule has 0 saturated carbocycles. The van der Waals surface area contributed by atoms with Crippen molar-refractivity contribution in [3.05, 3.63) is 41.2 Å². The number of likely N-dealkylation sites (tertiary alicyclic amines) is 1. The van der Waals surface area contributed by atoms with E-state index >= 15 is 0 Å². The van der Waals surface area contributed by atoms with Crippen molar-refractivity contribution in [1.82, 2.24) is 25.1 Å². The average Bonchev–Trinajstić information content (AvgIpc) is 3.38. The molecule has 1 spiro atoms. The van der Waals surface area contributed by atoms with Crippen LogP contribution in [0, 0.1) is 5.92 Å². The number of tetrazole rings is 1. The van der Waals surface area contributed by atoms with Crippen molar-refractivity contribution in [3.63, 3.8) is 0 Å². The van der Waals surface area contributed by atoms with Gasteiger partial charge in [-0.25, -0.2) is 4.68 Å². The second-order valence-corrected chi connectivity index (χ2v) is 7.73. The van der Waals surface area contributed by atoms with Crippen LogP contribution in [0.2, 0.25) is 0 Å². The van der Waals surface area contributed by atoms with Gasteiger partial charge in [-0.3, -0.25) is 4.90 Å². The molecule has 2 saturated heterocycles. The van der Waals surface area contributed by atoms with E-state index in [4.69, 9.17) is 9.47 Å². The van der Waals surface area contributed by atoms with Gasteiger partial charge in [-0.1, -0.05) is 24.3 Å². The molecule has 1 aromatic heterocycles. The lowest BCUT2D eigenvalue weighted by Crippen LogP contribution is -2.31. The molecule has 5 rings (SSSR count).